The van der Waals surface area contributed by atoms with Crippen molar-refractivity contribution in [1.29, 1.82) is 0 Å². The summed E-state index contributed by atoms with van der Waals surface area (Å²) in [6.45, 7) is 8.91. The molecule has 0 bridgehead atoms. The maximum atomic E-state index is 6.09. The van der Waals surface area contributed by atoms with Crippen molar-refractivity contribution in [2.24, 2.45) is 0 Å². The van der Waals surface area contributed by atoms with E-state index in [4.69, 9.17) is 5.73 Å². The molecule has 0 atom stereocenters. The summed E-state index contributed by atoms with van der Waals surface area (Å²) in [6, 6.07) is 0. The van der Waals surface area contributed by atoms with E-state index in [2.05, 4.69) is 38.7 Å². The lowest BCUT2D eigenvalue weighted by molar-refractivity contribution is 0.295. The number of fused-ring (bicyclic) bond motifs is 1. The molecule has 0 aliphatic carbocycles. The second-order valence-electron chi connectivity index (χ2n) is 3.99. The van der Waals surface area contributed by atoms with Crippen molar-refractivity contribution in [3.63, 3.8) is 0 Å². The Morgan fingerprint density at radius 2 is 1.94 bits per heavy atom. The zero-order valence-electron chi connectivity index (χ0n) is 10.4. The van der Waals surface area contributed by atoms with E-state index < -0.39 is 0 Å². The highest BCUT2D eigenvalue weighted by molar-refractivity contribution is 5.85. The maximum absolute atomic E-state index is 6.09. The van der Waals surface area contributed by atoms with Gasteiger partial charge in [-0.2, -0.15) is 0 Å². The Balaban J connectivity index is 2.45. The first kappa shape index (κ1) is 11.8. The number of pyridine rings is 1. The molecule has 0 radical (unpaired) electrons. The minimum atomic E-state index is 0.475. The quantitative estimate of drug-likeness (QED) is 0.861. The molecule has 0 saturated heterocycles. The maximum Gasteiger partial charge on any atom is 0.226 e. The first-order valence-electron chi connectivity index (χ1n) is 5.76. The molecule has 2 aromatic rings. The molecular formula is C11H17N5O. The summed E-state index contributed by atoms with van der Waals surface area (Å²) < 4.78 is 4.66. The minimum absolute atomic E-state index is 0.475. The van der Waals surface area contributed by atoms with Crippen LogP contribution in [0.3, 0.4) is 0 Å². The van der Waals surface area contributed by atoms with Crippen LogP contribution < -0.4 is 5.73 Å². The molecular weight excluding hydrogens is 218 g/mol. The van der Waals surface area contributed by atoms with Crippen LogP contribution in [0.4, 0.5) is 5.69 Å². The molecule has 6 nitrogen and oxygen atoms in total. The van der Waals surface area contributed by atoms with Crippen molar-refractivity contribution in [1.82, 2.24) is 20.2 Å². The zero-order chi connectivity index (χ0) is 12.4. The molecule has 2 N–H and O–H groups in total. The average molecular weight is 235 g/mol. The highest BCUT2D eigenvalue weighted by Crippen LogP contribution is 2.24. The molecule has 0 fully saturated rings. The van der Waals surface area contributed by atoms with Crippen LogP contribution in [0.2, 0.25) is 0 Å². The van der Waals surface area contributed by atoms with E-state index in [1.165, 1.54) is 0 Å². The largest absolute Gasteiger partial charge is 0.396 e. The number of rotatable bonds is 4. The standard InChI is InChI=1S/C11H17N5O/c1-4-16(5-2)6-8-7(3)13-11-10(9(8)12)14-17-15-11/h4-6,12H2,1-3H3. The molecule has 0 aliphatic rings. The van der Waals surface area contributed by atoms with Crippen molar-refractivity contribution >= 4 is 16.9 Å². The molecule has 0 spiro atoms. The Kier molecular flexibility index (Phi) is 3.23. The second-order valence-corrected chi connectivity index (χ2v) is 3.99. The third kappa shape index (κ3) is 2.08. The van der Waals surface area contributed by atoms with Crippen molar-refractivity contribution in [3.8, 4) is 0 Å². The molecule has 17 heavy (non-hydrogen) atoms. The van der Waals surface area contributed by atoms with Gasteiger partial charge in [-0.15, -0.1) is 0 Å². The van der Waals surface area contributed by atoms with Crippen LogP contribution in [0, 0.1) is 6.92 Å². The summed E-state index contributed by atoms with van der Waals surface area (Å²) in [7, 11) is 0. The van der Waals surface area contributed by atoms with Gasteiger partial charge in [0.15, 0.2) is 5.52 Å². The normalized spacial score (nSPS) is 11.5. The highest BCUT2D eigenvalue weighted by Gasteiger charge is 2.15. The molecule has 0 aromatic carbocycles. The van der Waals surface area contributed by atoms with Crippen LogP contribution in [0.15, 0.2) is 4.63 Å². The molecule has 2 heterocycles. The smallest absolute Gasteiger partial charge is 0.226 e. The van der Waals surface area contributed by atoms with Crippen molar-refractivity contribution in [3.05, 3.63) is 11.3 Å². The summed E-state index contributed by atoms with van der Waals surface area (Å²) >= 11 is 0. The lowest BCUT2D eigenvalue weighted by atomic mass is 10.1. The fraction of sp³-hybridized carbons (Fsp3) is 0.545. The Bertz CT molecular complexity index is 518. The van der Waals surface area contributed by atoms with E-state index >= 15 is 0 Å². The fourth-order valence-electron chi connectivity index (χ4n) is 1.86. The molecule has 92 valence electrons. The van der Waals surface area contributed by atoms with Gasteiger partial charge in [-0.3, -0.25) is 4.90 Å². The summed E-state index contributed by atoms with van der Waals surface area (Å²) in [4.78, 5) is 6.62. The van der Waals surface area contributed by atoms with Crippen LogP contribution in [0.25, 0.3) is 11.2 Å². The van der Waals surface area contributed by atoms with Gasteiger partial charge in [0.25, 0.3) is 0 Å². The first-order valence-corrected chi connectivity index (χ1v) is 5.76. The SMILES string of the molecule is CCN(CC)Cc1c(C)nc2nonc2c1N. The predicted octanol–water partition coefficient (Wildman–Crippen LogP) is 1.35. The number of nitrogens with two attached hydrogens (primary N) is 1. The number of hydrogen-bond acceptors (Lipinski definition) is 6. The summed E-state index contributed by atoms with van der Waals surface area (Å²) in [5.74, 6) is 0. The first-order chi connectivity index (χ1) is 8.17. The molecule has 2 aromatic heterocycles. The van der Waals surface area contributed by atoms with Gasteiger partial charge in [-0.25, -0.2) is 9.61 Å². The zero-order valence-corrected chi connectivity index (χ0v) is 10.4. The molecule has 0 amide bonds. The molecule has 0 saturated carbocycles. The topological polar surface area (TPSA) is 81.1 Å². The van der Waals surface area contributed by atoms with Gasteiger partial charge >= 0.3 is 0 Å². The van der Waals surface area contributed by atoms with Gasteiger partial charge in [-0.1, -0.05) is 13.8 Å². The second kappa shape index (κ2) is 4.67. The van der Waals surface area contributed by atoms with Crippen LogP contribution >= 0.6 is 0 Å². The number of nitrogens with zero attached hydrogens (tertiary/aromatic N) is 4. The van der Waals surface area contributed by atoms with E-state index in [9.17, 15) is 0 Å². The van der Waals surface area contributed by atoms with E-state index in [-0.39, 0.29) is 0 Å². The lowest BCUT2D eigenvalue weighted by Crippen LogP contribution is -2.23. The van der Waals surface area contributed by atoms with Gasteiger partial charge in [-0.05, 0) is 30.3 Å². The third-order valence-corrected chi connectivity index (χ3v) is 3.04. The van der Waals surface area contributed by atoms with Gasteiger partial charge in [0.2, 0.25) is 5.65 Å². The van der Waals surface area contributed by atoms with Gasteiger partial charge in [0.05, 0.1) is 5.69 Å². The van der Waals surface area contributed by atoms with Crippen molar-refractivity contribution in [2.45, 2.75) is 27.3 Å². The molecule has 6 heteroatoms. The lowest BCUT2D eigenvalue weighted by Gasteiger charge is -2.19. The monoisotopic (exact) mass is 235 g/mol. The number of aryl methyl sites for hydroxylation is 1. The van der Waals surface area contributed by atoms with Gasteiger partial charge in [0.1, 0.15) is 0 Å². The number of anilines is 1. The highest BCUT2D eigenvalue weighted by atomic mass is 16.6. The van der Waals surface area contributed by atoms with Gasteiger partial charge in [0, 0.05) is 17.8 Å². The van der Waals surface area contributed by atoms with E-state index in [0.29, 0.717) is 16.9 Å². The Morgan fingerprint density at radius 3 is 2.59 bits per heavy atom. The average Bonchev–Trinajstić information content (AvgIpc) is 2.77. The van der Waals surface area contributed by atoms with Crippen LogP contribution in [-0.2, 0) is 6.54 Å². The van der Waals surface area contributed by atoms with Crippen LogP contribution in [0.1, 0.15) is 25.1 Å². The Labute approximate surface area is 99.8 Å². The fourth-order valence-corrected chi connectivity index (χ4v) is 1.86. The van der Waals surface area contributed by atoms with Crippen molar-refractivity contribution < 1.29 is 4.63 Å². The summed E-state index contributed by atoms with van der Waals surface area (Å²) in [6.07, 6.45) is 0. The van der Waals surface area contributed by atoms with Crippen LogP contribution in [0.5, 0.6) is 0 Å². The number of aromatic nitrogens is 3. The third-order valence-electron chi connectivity index (χ3n) is 3.04. The molecule has 0 unspecified atom stereocenters. The minimum Gasteiger partial charge on any atom is -0.396 e. The van der Waals surface area contributed by atoms with E-state index in [1.54, 1.807) is 0 Å². The Hall–Kier alpha value is -1.69. The van der Waals surface area contributed by atoms with E-state index in [1.807, 2.05) is 6.92 Å². The molecule has 2 rings (SSSR count). The van der Waals surface area contributed by atoms with E-state index in [0.717, 1.165) is 30.9 Å². The van der Waals surface area contributed by atoms with Crippen molar-refractivity contribution in [2.75, 3.05) is 18.8 Å². The van der Waals surface area contributed by atoms with Crippen LogP contribution in [-0.4, -0.2) is 33.3 Å². The summed E-state index contributed by atoms with van der Waals surface area (Å²) in [5, 5.41) is 7.50. The molecule has 0 aliphatic heterocycles. The predicted molar refractivity (Wildman–Crippen MR) is 65.4 cm³/mol. The number of nitrogen functional groups attached to an aromatic ring is 1. The number of hydrogen-bond donors (Lipinski definition) is 1. The Morgan fingerprint density at radius 1 is 1.24 bits per heavy atom. The van der Waals surface area contributed by atoms with Gasteiger partial charge < -0.3 is 5.73 Å². The summed E-state index contributed by atoms with van der Waals surface area (Å²) in [5.41, 5.74) is 9.64.